The third-order valence-corrected chi connectivity index (χ3v) is 6.72. The molecule has 0 radical (unpaired) electrons. The zero-order valence-corrected chi connectivity index (χ0v) is 17.0. The first-order chi connectivity index (χ1) is 13.9. The minimum absolute atomic E-state index is 0.100. The average Bonchev–Trinajstić information content (AvgIpc) is 2.67. The molecule has 0 aliphatic heterocycles. The summed E-state index contributed by atoms with van der Waals surface area (Å²) in [5, 5.41) is 12.1. The van der Waals surface area contributed by atoms with Crippen LogP contribution >= 0.6 is 0 Å². The Morgan fingerprint density at radius 2 is 1.59 bits per heavy atom. The molecule has 0 aromatic heterocycles. The van der Waals surface area contributed by atoms with Crippen molar-refractivity contribution >= 4 is 11.9 Å². The molecule has 154 valence electrons. The van der Waals surface area contributed by atoms with Gasteiger partial charge in [0, 0.05) is 5.54 Å². The Bertz CT molecular complexity index is 791. The number of nitriles is 1. The molecule has 1 amide bonds. The van der Waals surface area contributed by atoms with Crippen molar-refractivity contribution in [3.8, 4) is 11.8 Å². The molecule has 5 rings (SSSR count). The standard InChI is InChI=1S/C23H28N2O4/c1-14(29-22(27)15(2)28-20-5-3-16(13-24)4-6-20)21(26)25-23-10-17-7-18(11-23)9-19(8-17)12-23/h3-6,14-15,17-19H,7-12H2,1-2H3,(H,25,26)/t14-,15-,17?,18?,19?,23?/m1/s1. The Morgan fingerprint density at radius 1 is 1.03 bits per heavy atom. The molecule has 4 aliphatic rings. The fourth-order valence-electron chi connectivity index (χ4n) is 5.81. The van der Waals surface area contributed by atoms with Crippen molar-refractivity contribution in [2.45, 2.75) is 70.1 Å². The van der Waals surface area contributed by atoms with Crippen molar-refractivity contribution in [1.82, 2.24) is 5.32 Å². The maximum atomic E-state index is 12.8. The molecule has 0 spiro atoms. The number of amides is 1. The molecule has 6 heteroatoms. The second-order valence-corrected chi connectivity index (χ2v) is 9.16. The number of carbonyl (C=O) groups excluding carboxylic acids is 2. The van der Waals surface area contributed by atoms with Crippen molar-refractivity contribution in [3.63, 3.8) is 0 Å². The van der Waals surface area contributed by atoms with Gasteiger partial charge in [-0.15, -0.1) is 0 Å². The zero-order valence-electron chi connectivity index (χ0n) is 17.0. The minimum atomic E-state index is -0.859. The molecule has 29 heavy (non-hydrogen) atoms. The van der Waals surface area contributed by atoms with Crippen LogP contribution in [0.2, 0.25) is 0 Å². The second kappa shape index (κ2) is 7.70. The smallest absolute Gasteiger partial charge is 0.347 e. The van der Waals surface area contributed by atoms with Gasteiger partial charge >= 0.3 is 5.97 Å². The van der Waals surface area contributed by atoms with Gasteiger partial charge < -0.3 is 14.8 Å². The normalized spacial score (nSPS) is 31.4. The van der Waals surface area contributed by atoms with Crippen LogP contribution in [0.5, 0.6) is 5.75 Å². The van der Waals surface area contributed by atoms with Crippen LogP contribution < -0.4 is 10.1 Å². The quantitative estimate of drug-likeness (QED) is 0.745. The SMILES string of the molecule is C[C@@H](OC(=O)[C@@H](C)Oc1ccc(C#N)cc1)C(=O)NC12CC3CC(CC(C3)C1)C2. The largest absolute Gasteiger partial charge is 0.479 e. The van der Waals surface area contributed by atoms with Crippen LogP contribution in [0, 0.1) is 29.1 Å². The van der Waals surface area contributed by atoms with Crippen LogP contribution in [-0.2, 0) is 14.3 Å². The monoisotopic (exact) mass is 396 g/mol. The minimum Gasteiger partial charge on any atom is -0.479 e. The molecule has 4 aliphatic carbocycles. The lowest BCUT2D eigenvalue weighted by atomic mass is 9.53. The summed E-state index contributed by atoms with van der Waals surface area (Å²) in [6.07, 6.45) is 5.40. The first-order valence-corrected chi connectivity index (χ1v) is 10.5. The zero-order chi connectivity index (χ0) is 20.6. The van der Waals surface area contributed by atoms with Crippen molar-refractivity contribution < 1.29 is 19.1 Å². The van der Waals surface area contributed by atoms with E-state index in [4.69, 9.17) is 14.7 Å². The third kappa shape index (κ3) is 4.24. The Hall–Kier alpha value is -2.55. The number of nitrogens with one attached hydrogen (secondary N) is 1. The van der Waals surface area contributed by atoms with E-state index in [2.05, 4.69) is 5.32 Å². The van der Waals surface area contributed by atoms with Crippen molar-refractivity contribution in [3.05, 3.63) is 29.8 Å². The van der Waals surface area contributed by atoms with Gasteiger partial charge in [0.2, 0.25) is 0 Å². The number of carbonyl (C=O) groups is 2. The van der Waals surface area contributed by atoms with E-state index in [-0.39, 0.29) is 11.4 Å². The van der Waals surface area contributed by atoms with Crippen LogP contribution in [-0.4, -0.2) is 29.6 Å². The highest BCUT2D eigenvalue weighted by atomic mass is 16.6. The van der Waals surface area contributed by atoms with E-state index in [0.29, 0.717) is 11.3 Å². The maximum Gasteiger partial charge on any atom is 0.347 e. The fourth-order valence-corrected chi connectivity index (χ4v) is 5.81. The van der Waals surface area contributed by atoms with Gasteiger partial charge in [0.05, 0.1) is 11.6 Å². The number of hydrogen-bond acceptors (Lipinski definition) is 5. The predicted molar refractivity (Wildman–Crippen MR) is 106 cm³/mol. The summed E-state index contributed by atoms with van der Waals surface area (Å²) in [4.78, 5) is 25.1. The number of esters is 1. The van der Waals surface area contributed by atoms with Gasteiger partial charge in [0.15, 0.2) is 12.2 Å². The summed E-state index contributed by atoms with van der Waals surface area (Å²) in [7, 11) is 0. The molecule has 0 heterocycles. The first-order valence-electron chi connectivity index (χ1n) is 10.5. The summed E-state index contributed by atoms with van der Waals surface area (Å²) < 4.78 is 11.0. The summed E-state index contributed by atoms with van der Waals surface area (Å²) >= 11 is 0. The molecule has 1 aromatic carbocycles. The van der Waals surface area contributed by atoms with Gasteiger partial charge in [0.1, 0.15) is 5.75 Å². The number of nitrogens with zero attached hydrogens (tertiary/aromatic N) is 1. The van der Waals surface area contributed by atoms with Crippen LogP contribution in [0.25, 0.3) is 0 Å². The lowest BCUT2D eigenvalue weighted by molar-refractivity contribution is -0.162. The number of ether oxygens (including phenoxy) is 2. The third-order valence-electron chi connectivity index (χ3n) is 6.72. The molecular weight excluding hydrogens is 368 g/mol. The Labute approximate surface area is 171 Å². The van der Waals surface area contributed by atoms with Crippen LogP contribution in [0.4, 0.5) is 0 Å². The Morgan fingerprint density at radius 3 is 2.10 bits per heavy atom. The molecule has 2 atom stereocenters. The fraction of sp³-hybridized carbons (Fsp3) is 0.609. The second-order valence-electron chi connectivity index (χ2n) is 9.16. The van der Waals surface area contributed by atoms with Crippen molar-refractivity contribution in [2.75, 3.05) is 0 Å². The van der Waals surface area contributed by atoms with E-state index in [1.807, 2.05) is 6.07 Å². The molecule has 1 aromatic rings. The van der Waals surface area contributed by atoms with Gasteiger partial charge in [-0.1, -0.05) is 0 Å². The van der Waals surface area contributed by atoms with E-state index in [1.54, 1.807) is 38.1 Å². The lowest BCUT2D eigenvalue weighted by Crippen LogP contribution is -2.61. The highest BCUT2D eigenvalue weighted by Crippen LogP contribution is 2.55. The molecule has 6 nitrogen and oxygen atoms in total. The van der Waals surface area contributed by atoms with Crippen LogP contribution in [0.15, 0.2) is 24.3 Å². The lowest BCUT2D eigenvalue weighted by Gasteiger charge is -2.57. The molecule has 1 N–H and O–H groups in total. The van der Waals surface area contributed by atoms with Gasteiger partial charge in [-0.3, -0.25) is 4.79 Å². The molecule has 0 unspecified atom stereocenters. The van der Waals surface area contributed by atoms with Gasteiger partial charge in [-0.2, -0.15) is 5.26 Å². The van der Waals surface area contributed by atoms with Crippen LogP contribution in [0.3, 0.4) is 0 Å². The average molecular weight is 396 g/mol. The summed E-state index contributed by atoms with van der Waals surface area (Å²) in [5.41, 5.74) is 0.416. The van der Waals surface area contributed by atoms with Gasteiger partial charge in [0.25, 0.3) is 5.91 Å². The van der Waals surface area contributed by atoms with Crippen molar-refractivity contribution in [2.24, 2.45) is 17.8 Å². The number of rotatable bonds is 6. The highest BCUT2D eigenvalue weighted by molar-refractivity contribution is 5.85. The number of benzene rings is 1. The van der Waals surface area contributed by atoms with Crippen LogP contribution in [0.1, 0.15) is 57.9 Å². The summed E-state index contributed by atoms with van der Waals surface area (Å²) in [6.45, 7) is 3.20. The topological polar surface area (TPSA) is 88.4 Å². The molecule has 4 bridgehead atoms. The van der Waals surface area contributed by atoms with E-state index in [1.165, 1.54) is 19.3 Å². The number of hydrogen-bond donors (Lipinski definition) is 1. The van der Waals surface area contributed by atoms with Gasteiger partial charge in [-0.25, -0.2) is 4.79 Å². The summed E-state index contributed by atoms with van der Waals surface area (Å²) in [5.74, 6) is 1.88. The first kappa shape index (κ1) is 19.8. The summed E-state index contributed by atoms with van der Waals surface area (Å²) in [6, 6.07) is 8.53. The van der Waals surface area contributed by atoms with E-state index < -0.39 is 18.2 Å². The van der Waals surface area contributed by atoms with E-state index in [0.717, 1.165) is 37.0 Å². The van der Waals surface area contributed by atoms with E-state index >= 15 is 0 Å². The van der Waals surface area contributed by atoms with Crippen molar-refractivity contribution in [1.29, 1.82) is 5.26 Å². The Kier molecular flexibility index (Phi) is 5.24. The molecule has 0 saturated heterocycles. The molecule has 4 fully saturated rings. The van der Waals surface area contributed by atoms with Gasteiger partial charge in [-0.05, 0) is 94.4 Å². The molecular formula is C23H28N2O4. The maximum absolute atomic E-state index is 12.8. The predicted octanol–water partition coefficient (Wildman–Crippen LogP) is 3.34. The Balaban J connectivity index is 1.30. The molecule has 4 saturated carbocycles. The van der Waals surface area contributed by atoms with E-state index in [9.17, 15) is 9.59 Å². The highest BCUT2D eigenvalue weighted by Gasteiger charge is 2.51.